The van der Waals surface area contributed by atoms with Crippen LogP contribution in [0.15, 0.2) is 0 Å². The Kier molecular flexibility index (Phi) is 6.02. The molecule has 0 aromatic heterocycles. The monoisotopic (exact) mass is 169 g/mol. The Bertz CT molecular complexity index is 172. The van der Waals surface area contributed by atoms with Crippen molar-refractivity contribution in [3.8, 4) is 6.07 Å². The number of carbonyl (C=O) groups is 1. The van der Waals surface area contributed by atoms with Crippen molar-refractivity contribution in [1.82, 2.24) is 10.6 Å². The van der Waals surface area contributed by atoms with E-state index in [0.717, 1.165) is 0 Å². The van der Waals surface area contributed by atoms with E-state index < -0.39 is 0 Å². The number of carbonyl (C=O) groups excluding carboxylic acids is 1. The Morgan fingerprint density at radius 3 is 2.75 bits per heavy atom. The van der Waals surface area contributed by atoms with Crippen molar-refractivity contribution >= 4 is 5.91 Å². The lowest BCUT2D eigenvalue weighted by atomic mass is 10.2. The molecule has 0 atom stereocenters. The molecule has 0 rings (SSSR count). The highest BCUT2D eigenvalue weighted by atomic mass is 16.1. The molecule has 0 aliphatic carbocycles. The van der Waals surface area contributed by atoms with E-state index in [4.69, 9.17) is 5.26 Å². The fourth-order valence-corrected chi connectivity index (χ4v) is 0.612. The summed E-state index contributed by atoms with van der Waals surface area (Å²) in [5, 5.41) is 13.6. The molecule has 0 radical (unpaired) electrons. The molecule has 0 fully saturated rings. The van der Waals surface area contributed by atoms with E-state index in [1.807, 2.05) is 19.9 Å². The second-order valence-electron chi connectivity index (χ2n) is 2.96. The smallest absolute Gasteiger partial charge is 0.233 e. The summed E-state index contributed by atoms with van der Waals surface area (Å²) in [6.07, 6.45) is 0. The number of rotatable bonds is 5. The maximum atomic E-state index is 10.9. The maximum absolute atomic E-state index is 10.9. The van der Waals surface area contributed by atoms with E-state index >= 15 is 0 Å². The summed E-state index contributed by atoms with van der Waals surface area (Å²) in [6.45, 7) is 5.19. The Labute approximate surface area is 72.9 Å². The lowest BCUT2D eigenvalue weighted by Gasteiger charge is -2.06. The van der Waals surface area contributed by atoms with Gasteiger partial charge in [-0.05, 0) is 5.92 Å². The van der Waals surface area contributed by atoms with Gasteiger partial charge in [0.05, 0.1) is 19.2 Å². The average molecular weight is 169 g/mol. The SMILES string of the molecule is CC(C)CNC(=O)CNCC#N. The van der Waals surface area contributed by atoms with Crippen molar-refractivity contribution in [3.05, 3.63) is 0 Å². The van der Waals surface area contributed by atoms with Crippen LogP contribution in [-0.2, 0) is 4.79 Å². The summed E-state index contributed by atoms with van der Waals surface area (Å²) in [5.74, 6) is 0.406. The first-order valence-electron chi connectivity index (χ1n) is 4.01. The molecular weight excluding hydrogens is 154 g/mol. The lowest BCUT2D eigenvalue weighted by molar-refractivity contribution is -0.120. The van der Waals surface area contributed by atoms with Crippen LogP contribution in [0.3, 0.4) is 0 Å². The number of nitrogens with zero attached hydrogens (tertiary/aromatic N) is 1. The van der Waals surface area contributed by atoms with E-state index in [1.54, 1.807) is 0 Å². The molecule has 0 aliphatic rings. The predicted molar refractivity (Wildman–Crippen MR) is 46.3 cm³/mol. The van der Waals surface area contributed by atoms with Gasteiger partial charge in [0.25, 0.3) is 0 Å². The molecule has 12 heavy (non-hydrogen) atoms. The van der Waals surface area contributed by atoms with Gasteiger partial charge in [-0.3, -0.25) is 10.1 Å². The first-order valence-corrected chi connectivity index (χ1v) is 4.01. The average Bonchev–Trinajstić information content (AvgIpc) is 2.01. The fourth-order valence-electron chi connectivity index (χ4n) is 0.612. The highest BCUT2D eigenvalue weighted by molar-refractivity contribution is 5.77. The van der Waals surface area contributed by atoms with Gasteiger partial charge >= 0.3 is 0 Å². The van der Waals surface area contributed by atoms with Gasteiger partial charge in [0.15, 0.2) is 0 Å². The van der Waals surface area contributed by atoms with Crippen LogP contribution < -0.4 is 10.6 Å². The largest absolute Gasteiger partial charge is 0.355 e. The summed E-state index contributed by atoms with van der Waals surface area (Å²) in [4.78, 5) is 10.9. The molecule has 0 saturated carbocycles. The molecule has 68 valence electrons. The van der Waals surface area contributed by atoms with E-state index in [9.17, 15) is 4.79 Å². The minimum Gasteiger partial charge on any atom is -0.355 e. The Morgan fingerprint density at radius 2 is 2.25 bits per heavy atom. The molecule has 1 amide bonds. The van der Waals surface area contributed by atoms with E-state index in [2.05, 4.69) is 10.6 Å². The van der Waals surface area contributed by atoms with Gasteiger partial charge < -0.3 is 5.32 Å². The third-order valence-electron chi connectivity index (χ3n) is 1.20. The quantitative estimate of drug-likeness (QED) is 0.445. The fraction of sp³-hybridized carbons (Fsp3) is 0.750. The second kappa shape index (κ2) is 6.62. The summed E-state index contributed by atoms with van der Waals surface area (Å²) in [7, 11) is 0. The minimum atomic E-state index is -0.0565. The number of hydrogen-bond acceptors (Lipinski definition) is 3. The van der Waals surface area contributed by atoms with Crippen molar-refractivity contribution in [2.45, 2.75) is 13.8 Å². The molecule has 0 aromatic carbocycles. The van der Waals surface area contributed by atoms with E-state index in [1.165, 1.54) is 0 Å². The minimum absolute atomic E-state index is 0.0565. The standard InChI is InChI=1S/C8H15N3O/c1-7(2)5-11-8(12)6-10-4-3-9/h7,10H,4-6H2,1-2H3,(H,11,12). The number of hydrogen-bond donors (Lipinski definition) is 2. The van der Waals surface area contributed by atoms with Crippen molar-refractivity contribution in [1.29, 1.82) is 5.26 Å². The van der Waals surface area contributed by atoms with Crippen LogP contribution in [0.5, 0.6) is 0 Å². The summed E-state index contributed by atoms with van der Waals surface area (Å²) >= 11 is 0. The zero-order valence-electron chi connectivity index (χ0n) is 7.55. The molecule has 0 spiro atoms. The third kappa shape index (κ3) is 7.03. The highest BCUT2D eigenvalue weighted by Gasteiger charge is 1.99. The number of nitriles is 1. The van der Waals surface area contributed by atoms with Gasteiger partial charge in [-0.2, -0.15) is 5.26 Å². The van der Waals surface area contributed by atoms with Crippen molar-refractivity contribution in [2.24, 2.45) is 5.92 Å². The molecule has 0 unspecified atom stereocenters. The molecule has 0 aromatic rings. The molecule has 2 N–H and O–H groups in total. The van der Waals surface area contributed by atoms with Crippen LogP contribution in [-0.4, -0.2) is 25.5 Å². The van der Waals surface area contributed by atoms with Gasteiger partial charge in [-0.1, -0.05) is 13.8 Å². The second-order valence-corrected chi connectivity index (χ2v) is 2.96. The topological polar surface area (TPSA) is 64.9 Å². The maximum Gasteiger partial charge on any atom is 0.233 e. The van der Waals surface area contributed by atoms with Gasteiger partial charge in [0, 0.05) is 6.54 Å². The van der Waals surface area contributed by atoms with Crippen LogP contribution in [0.1, 0.15) is 13.8 Å². The first-order chi connectivity index (χ1) is 5.66. The summed E-state index contributed by atoms with van der Waals surface area (Å²) in [5.41, 5.74) is 0. The molecule has 4 heteroatoms. The highest BCUT2D eigenvalue weighted by Crippen LogP contribution is 1.85. The van der Waals surface area contributed by atoms with Crippen LogP contribution in [0.25, 0.3) is 0 Å². The van der Waals surface area contributed by atoms with Crippen LogP contribution in [0, 0.1) is 17.2 Å². The van der Waals surface area contributed by atoms with Crippen molar-refractivity contribution in [3.63, 3.8) is 0 Å². The molecule has 0 aliphatic heterocycles. The summed E-state index contributed by atoms with van der Waals surface area (Å²) < 4.78 is 0. The molecule has 0 bridgehead atoms. The van der Waals surface area contributed by atoms with Gasteiger partial charge in [-0.25, -0.2) is 0 Å². The number of nitrogens with one attached hydrogen (secondary N) is 2. The predicted octanol–water partition coefficient (Wildman–Crippen LogP) is -0.128. The van der Waals surface area contributed by atoms with Crippen molar-refractivity contribution in [2.75, 3.05) is 19.6 Å². The van der Waals surface area contributed by atoms with Crippen LogP contribution >= 0.6 is 0 Å². The van der Waals surface area contributed by atoms with Crippen LogP contribution in [0.2, 0.25) is 0 Å². The van der Waals surface area contributed by atoms with E-state index in [0.29, 0.717) is 12.5 Å². The Balaban J connectivity index is 3.29. The van der Waals surface area contributed by atoms with E-state index in [-0.39, 0.29) is 19.0 Å². The third-order valence-corrected chi connectivity index (χ3v) is 1.20. The summed E-state index contributed by atoms with van der Waals surface area (Å²) in [6, 6.07) is 1.90. The first kappa shape index (κ1) is 10.9. The number of amides is 1. The molecule has 0 saturated heterocycles. The Hall–Kier alpha value is -1.08. The van der Waals surface area contributed by atoms with Gasteiger partial charge in [0.2, 0.25) is 5.91 Å². The lowest BCUT2D eigenvalue weighted by Crippen LogP contribution is -2.35. The zero-order valence-corrected chi connectivity index (χ0v) is 7.55. The molecule has 0 heterocycles. The molecule has 4 nitrogen and oxygen atoms in total. The Morgan fingerprint density at radius 1 is 1.58 bits per heavy atom. The van der Waals surface area contributed by atoms with Crippen LogP contribution in [0.4, 0.5) is 0 Å². The van der Waals surface area contributed by atoms with Gasteiger partial charge in [-0.15, -0.1) is 0 Å². The normalized spacial score (nSPS) is 9.50. The zero-order chi connectivity index (χ0) is 9.40. The van der Waals surface area contributed by atoms with Crippen molar-refractivity contribution < 1.29 is 4.79 Å². The van der Waals surface area contributed by atoms with Gasteiger partial charge in [0.1, 0.15) is 0 Å². The molecular formula is C8H15N3O.